The molecule has 0 aliphatic rings. The number of aromatic nitrogens is 2. The van der Waals surface area contributed by atoms with Gasteiger partial charge in [-0.1, -0.05) is 12.1 Å². The first kappa shape index (κ1) is 20.0. The molecule has 0 aliphatic carbocycles. The Morgan fingerprint density at radius 3 is 2.70 bits per heavy atom. The third-order valence-electron chi connectivity index (χ3n) is 3.72. The van der Waals surface area contributed by atoms with Gasteiger partial charge in [-0.05, 0) is 24.6 Å². The molecular weight excluding hydrogens is 354 g/mol. The van der Waals surface area contributed by atoms with Crippen molar-refractivity contribution in [2.24, 2.45) is 0 Å². The quantitative estimate of drug-likeness (QED) is 0.643. The molecule has 144 valence electrons. The standard InChI is InChI=1S/C18H21N3O6/c1-3-27-17(24)10-14(12-5-4-6-13(9-12)26-2)19-16(23)11-21-8-7-15(22)20-18(21)25/h4-9,14H,3,10-11H2,1-2H3,(H,19,23)(H,20,22,25)/t14-/m1/s1. The lowest BCUT2D eigenvalue weighted by molar-refractivity contribution is -0.143. The molecule has 2 aromatic rings. The number of rotatable bonds is 8. The van der Waals surface area contributed by atoms with Crippen molar-refractivity contribution in [3.8, 4) is 5.75 Å². The number of hydrogen-bond acceptors (Lipinski definition) is 6. The lowest BCUT2D eigenvalue weighted by atomic mass is 10.0. The van der Waals surface area contributed by atoms with E-state index in [1.807, 2.05) is 0 Å². The summed E-state index contributed by atoms with van der Waals surface area (Å²) in [4.78, 5) is 49.2. The van der Waals surface area contributed by atoms with E-state index in [0.717, 1.165) is 10.6 Å². The minimum atomic E-state index is -0.694. The molecule has 0 unspecified atom stereocenters. The number of H-pyrrole nitrogens is 1. The van der Waals surface area contributed by atoms with E-state index in [1.54, 1.807) is 31.2 Å². The van der Waals surface area contributed by atoms with Crippen LogP contribution in [0, 0.1) is 0 Å². The van der Waals surface area contributed by atoms with Gasteiger partial charge in [-0.25, -0.2) is 4.79 Å². The van der Waals surface area contributed by atoms with Crippen LogP contribution in [0.2, 0.25) is 0 Å². The third-order valence-corrected chi connectivity index (χ3v) is 3.72. The van der Waals surface area contributed by atoms with Gasteiger partial charge in [0.05, 0.1) is 26.2 Å². The number of benzene rings is 1. The Morgan fingerprint density at radius 1 is 1.26 bits per heavy atom. The van der Waals surface area contributed by atoms with Crippen LogP contribution >= 0.6 is 0 Å². The van der Waals surface area contributed by atoms with Crippen LogP contribution in [0.3, 0.4) is 0 Å². The Balaban J connectivity index is 2.19. The van der Waals surface area contributed by atoms with Gasteiger partial charge in [-0.3, -0.25) is 23.9 Å². The molecule has 2 N–H and O–H groups in total. The monoisotopic (exact) mass is 375 g/mol. The average Bonchev–Trinajstić information content (AvgIpc) is 2.64. The van der Waals surface area contributed by atoms with Crippen LogP contribution in [0.4, 0.5) is 0 Å². The van der Waals surface area contributed by atoms with Crippen molar-refractivity contribution in [1.29, 1.82) is 0 Å². The van der Waals surface area contributed by atoms with Crippen LogP contribution in [0.5, 0.6) is 5.75 Å². The molecule has 27 heavy (non-hydrogen) atoms. The van der Waals surface area contributed by atoms with E-state index >= 15 is 0 Å². The van der Waals surface area contributed by atoms with Crippen LogP contribution in [-0.2, 0) is 20.9 Å². The summed E-state index contributed by atoms with van der Waals surface area (Å²) in [5.41, 5.74) is -0.584. The summed E-state index contributed by atoms with van der Waals surface area (Å²) >= 11 is 0. The van der Waals surface area contributed by atoms with Crippen LogP contribution in [0.25, 0.3) is 0 Å². The van der Waals surface area contributed by atoms with Gasteiger partial charge in [0.2, 0.25) is 5.91 Å². The fraction of sp³-hybridized carbons (Fsp3) is 0.333. The van der Waals surface area contributed by atoms with Crippen molar-refractivity contribution in [2.45, 2.75) is 25.9 Å². The number of amides is 1. The van der Waals surface area contributed by atoms with E-state index in [1.165, 1.54) is 13.3 Å². The number of methoxy groups -OCH3 is 1. The molecule has 0 aliphatic heterocycles. The van der Waals surface area contributed by atoms with E-state index in [0.29, 0.717) is 11.3 Å². The number of nitrogens with one attached hydrogen (secondary N) is 2. The number of ether oxygens (including phenoxy) is 2. The van der Waals surface area contributed by atoms with Crippen molar-refractivity contribution in [3.05, 3.63) is 62.9 Å². The zero-order chi connectivity index (χ0) is 19.8. The fourth-order valence-electron chi connectivity index (χ4n) is 2.46. The molecule has 2 rings (SSSR count). The number of nitrogens with zero attached hydrogens (tertiary/aromatic N) is 1. The molecular formula is C18H21N3O6. The number of aromatic amines is 1. The minimum Gasteiger partial charge on any atom is -0.497 e. The summed E-state index contributed by atoms with van der Waals surface area (Å²) < 4.78 is 11.2. The maximum Gasteiger partial charge on any atom is 0.328 e. The van der Waals surface area contributed by atoms with Gasteiger partial charge in [-0.2, -0.15) is 0 Å². The van der Waals surface area contributed by atoms with Crippen LogP contribution in [0.1, 0.15) is 24.9 Å². The first-order valence-electron chi connectivity index (χ1n) is 8.31. The highest BCUT2D eigenvalue weighted by atomic mass is 16.5. The second-order valence-corrected chi connectivity index (χ2v) is 5.64. The molecule has 0 radical (unpaired) electrons. The van der Waals surface area contributed by atoms with Gasteiger partial charge < -0.3 is 14.8 Å². The van der Waals surface area contributed by atoms with Crippen LogP contribution < -0.4 is 21.3 Å². The van der Waals surface area contributed by atoms with Crippen molar-refractivity contribution in [1.82, 2.24) is 14.9 Å². The van der Waals surface area contributed by atoms with Gasteiger partial charge >= 0.3 is 11.7 Å². The minimum absolute atomic E-state index is 0.0761. The normalized spacial score (nSPS) is 11.5. The van der Waals surface area contributed by atoms with Gasteiger partial charge in [0, 0.05) is 12.3 Å². The number of carbonyl (C=O) groups excluding carboxylic acids is 2. The highest BCUT2D eigenvalue weighted by molar-refractivity contribution is 5.78. The molecule has 0 saturated carbocycles. The predicted octanol–water partition coefficient (Wildman–Crippen LogP) is 0.356. The Morgan fingerprint density at radius 2 is 2.04 bits per heavy atom. The topological polar surface area (TPSA) is 119 Å². The third kappa shape index (κ3) is 5.84. The average molecular weight is 375 g/mol. The molecule has 9 nitrogen and oxygen atoms in total. The van der Waals surface area contributed by atoms with Gasteiger partial charge in [-0.15, -0.1) is 0 Å². The number of esters is 1. The van der Waals surface area contributed by atoms with E-state index in [9.17, 15) is 19.2 Å². The zero-order valence-corrected chi connectivity index (χ0v) is 15.1. The van der Waals surface area contributed by atoms with Crippen molar-refractivity contribution >= 4 is 11.9 Å². The Labute approximate surface area is 154 Å². The Kier molecular flexibility index (Phi) is 6.93. The van der Waals surface area contributed by atoms with Gasteiger partial charge in [0.15, 0.2) is 0 Å². The predicted molar refractivity (Wildman–Crippen MR) is 96.5 cm³/mol. The summed E-state index contributed by atoms with van der Waals surface area (Å²) in [7, 11) is 1.51. The van der Waals surface area contributed by atoms with Crippen molar-refractivity contribution < 1.29 is 19.1 Å². The SMILES string of the molecule is CCOC(=O)C[C@@H](NC(=O)Cn1ccc(=O)[nH]c1=O)c1cccc(OC)c1. The largest absolute Gasteiger partial charge is 0.497 e. The lowest BCUT2D eigenvalue weighted by Gasteiger charge is -2.19. The summed E-state index contributed by atoms with van der Waals surface area (Å²) in [5, 5.41) is 2.72. The summed E-state index contributed by atoms with van der Waals surface area (Å²) in [5.74, 6) is -0.388. The van der Waals surface area contributed by atoms with Crippen molar-refractivity contribution in [3.63, 3.8) is 0 Å². The van der Waals surface area contributed by atoms with Gasteiger partial charge in [0.1, 0.15) is 12.3 Å². The summed E-state index contributed by atoms with van der Waals surface area (Å²) in [6, 6.07) is 7.42. The Hall–Kier alpha value is -3.36. The molecule has 1 amide bonds. The first-order valence-corrected chi connectivity index (χ1v) is 8.31. The van der Waals surface area contributed by atoms with E-state index in [4.69, 9.17) is 9.47 Å². The maximum absolute atomic E-state index is 12.4. The van der Waals surface area contributed by atoms with Gasteiger partial charge in [0.25, 0.3) is 5.56 Å². The molecule has 1 aromatic carbocycles. The second kappa shape index (κ2) is 9.37. The molecule has 1 aromatic heterocycles. The molecule has 9 heteroatoms. The summed E-state index contributed by atoms with van der Waals surface area (Å²) in [6.45, 7) is 1.61. The van der Waals surface area contributed by atoms with Crippen molar-refractivity contribution in [2.75, 3.05) is 13.7 Å². The lowest BCUT2D eigenvalue weighted by Crippen LogP contribution is -2.37. The molecule has 0 saturated heterocycles. The molecule has 1 heterocycles. The maximum atomic E-state index is 12.4. The van der Waals surface area contributed by atoms with Crippen LogP contribution in [-0.4, -0.2) is 35.1 Å². The summed E-state index contributed by atoms with van der Waals surface area (Å²) in [6.07, 6.45) is 1.15. The van der Waals surface area contributed by atoms with E-state index in [2.05, 4.69) is 10.3 Å². The fourth-order valence-corrected chi connectivity index (χ4v) is 2.46. The molecule has 0 bridgehead atoms. The highest BCUT2D eigenvalue weighted by Crippen LogP contribution is 2.22. The molecule has 0 fully saturated rings. The molecule has 1 atom stereocenters. The van der Waals surface area contributed by atoms with E-state index < -0.39 is 29.2 Å². The number of hydrogen-bond donors (Lipinski definition) is 2. The number of carbonyl (C=O) groups is 2. The highest BCUT2D eigenvalue weighted by Gasteiger charge is 2.20. The smallest absolute Gasteiger partial charge is 0.328 e. The second-order valence-electron chi connectivity index (χ2n) is 5.64. The molecule has 0 spiro atoms. The zero-order valence-electron chi connectivity index (χ0n) is 15.1. The Bertz CT molecular complexity index is 918. The van der Waals surface area contributed by atoms with Crippen LogP contribution in [0.15, 0.2) is 46.1 Å². The van der Waals surface area contributed by atoms with E-state index in [-0.39, 0.29) is 19.6 Å². The first-order chi connectivity index (χ1) is 12.9.